The molecule has 0 aliphatic heterocycles. The van der Waals surface area contributed by atoms with E-state index in [4.69, 9.17) is 0 Å². The van der Waals surface area contributed by atoms with Gasteiger partial charge in [0.25, 0.3) is 0 Å². The lowest BCUT2D eigenvalue weighted by Crippen LogP contribution is -2.04. The van der Waals surface area contributed by atoms with Crippen LogP contribution < -0.4 is 0 Å². The third-order valence-corrected chi connectivity index (χ3v) is 1.35. The Kier molecular flexibility index (Phi) is 3.16. The van der Waals surface area contributed by atoms with Gasteiger partial charge in [0, 0.05) is 10.6 Å². The summed E-state index contributed by atoms with van der Waals surface area (Å²) >= 11 is 0. The van der Waals surface area contributed by atoms with E-state index in [0.717, 1.165) is 6.07 Å². The molecule has 7 heteroatoms. The Morgan fingerprint density at radius 3 is 2.86 bits per heavy atom. The highest BCUT2D eigenvalue weighted by Gasteiger charge is 2.16. The molecule has 0 saturated carbocycles. The molecule has 1 rings (SSSR count). The van der Waals surface area contributed by atoms with Crippen LogP contribution in [0.1, 0.15) is 27.9 Å². The second-order valence-electron chi connectivity index (χ2n) is 2.25. The fourth-order valence-corrected chi connectivity index (χ4v) is 0.779. The van der Waals surface area contributed by atoms with Gasteiger partial charge in [-0.3, -0.25) is 5.10 Å². The molecule has 1 aromatic rings. The van der Waals surface area contributed by atoms with Gasteiger partial charge in [-0.1, -0.05) is 0 Å². The van der Waals surface area contributed by atoms with Gasteiger partial charge in [-0.05, 0) is 6.92 Å². The van der Waals surface area contributed by atoms with Crippen molar-refractivity contribution in [1.82, 2.24) is 10.2 Å². The van der Waals surface area contributed by atoms with Crippen molar-refractivity contribution in [2.24, 2.45) is 0 Å². The lowest BCUT2D eigenvalue weighted by Gasteiger charge is -1.95. The number of nitrogens with one attached hydrogen (secondary N) is 1. The lowest BCUT2D eigenvalue weighted by atomic mass is 10.3. The van der Waals surface area contributed by atoms with Crippen LogP contribution in [-0.2, 0) is 9.68 Å². The number of H-pyrrole nitrogens is 1. The average molecular weight is 202 g/mol. The molecule has 6 nitrogen and oxygen atoms in total. The zero-order chi connectivity index (χ0) is 10.6. The number of aromatic nitrogens is 2. The van der Waals surface area contributed by atoms with Gasteiger partial charge in [-0.25, -0.2) is 14.5 Å². The van der Waals surface area contributed by atoms with Crippen molar-refractivity contribution in [2.45, 2.75) is 6.92 Å². The van der Waals surface area contributed by atoms with Gasteiger partial charge in [0.1, 0.15) is 5.69 Å². The number of nitrogens with zero attached hydrogens (tertiary/aromatic N) is 1. The predicted octanol–water partition coefficient (Wildman–Crippen LogP) is 0.628. The molecule has 1 aromatic heterocycles. The van der Waals surface area contributed by atoms with Crippen LogP contribution in [0.25, 0.3) is 0 Å². The first kappa shape index (κ1) is 10.2. The van der Waals surface area contributed by atoms with Crippen molar-refractivity contribution in [3.8, 4) is 0 Å². The van der Waals surface area contributed by atoms with Crippen LogP contribution >= 0.6 is 0 Å². The summed E-state index contributed by atoms with van der Waals surface area (Å²) in [4.78, 5) is 24.5. The molecule has 76 valence electrons. The summed E-state index contributed by atoms with van der Waals surface area (Å²) in [5, 5.41) is 5.56. The monoisotopic (exact) mass is 202 g/mol. The summed E-state index contributed by atoms with van der Waals surface area (Å²) in [5.41, 5.74) is -0.359. The molecule has 1 heterocycles. The first-order valence-electron chi connectivity index (χ1n) is 3.74. The van der Waals surface area contributed by atoms with Gasteiger partial charge < -0.3 is 4.74 Å². The van der Waals surface area contributed by atoms with E-state index in [9.17, 15) is 14.1 Å². The Morgan fingerprint density at radius 1 is 1.57 bits per heavy atom. The second kappa shape index (κ2) is 4.35. The Balaban J connectivity index is 2.77. The smallest absolute Gasteiger partial charge is 0.399 e. The predicted molar refractivity (Wildman–Crippen MR) is 41.1 cm³/mol. The van der Waals surface area contributed by atoms with Crippen LogP contribution in [0.15, 0.2) is 6.07 Å². The summed E-state index contributed by atoms with van der Waals surface area (Å²) in [6.45, 7) is 1.83. The summed E-state index contributed by atoms with van der Waals surface area (Å²) in [7, 11) is 0. The number of ether oxygens (including phenoxy) is 1. The maximum Gasteiger partial charge on any atom is 0.399 e. The number of carbonyl (C=O) groups excluding carboxylic acids is 2. The van der Waals surface area contributed by atoms with E-state index in [-0.39, 0.29) is 18.0 Å². The highest BCUT2D eigenvalue weighted by Crippen LogP contribution is 2.03. The van der Waals surface area contributed by atoms with E-state index in [1.54, 1.807) is 6.92 Å². The lowest BCUT2D eigenvalue weighted by molar-refractivity contribution is -0.0793. The highest BCUT2D eigenvalue weighted by molar-refractivity contribution is 5.92. The first-order valence-corrected chi connectivity index (χ1v) is 3.74. The Bertz CT molecular complexity index is 349. The first-order chi connectivity index (χ1) is 6.69. The number of rotatable bonds is 3. The standard InChI is InChI=1S/C7H7FN2O4/c1-2-13-6(11)4-3-5(10-9-4)7(12)14-8/h3H,2H2,1H3,(H,9,10). The number of hydrogen-bond donors (Lipinski definition) is 1. The summed E-state index contributed by atoms with van der Waals surface area (Å²) < 4.78 is 16.0. The van der Waals surface area contributed by atoms with E-state index in [1.165, 1.54) is 0 Å². The molecular weight excluding hydrogens is 195 g/mol. The van der Waals surface area contributed by atoms with Crippen molar-refractivity contribution < 1.29 is 23.8 Å². The minimum absolute atomic E-state index is 0.0350. The molecule has 0 unspecified atom stereocenters. The zero-order valence-electron chi connectivity index (χ0n) is 7.24. The van der Waals surface area contributed by atoms with E-state index in [2.05, 4.69) is 19.9 Å². The topological polar surface area (TPSA) is 81.3 Å². The van der Waals surface area contributed by atoms with Crippen LogP contribution in [-0.4, -0.2) is 28.7 Å². The number of carbonyl (C=O) groups is 2. The van der Waals surface area contributed by atoms with E-state index >= 15 is 0 Å². The summed E-state index contributed by atoms with van der Waals surface area (Å²) in [6, 6.07) is 1.04. The van der Waals surface area contributed by atoms with Crippen LogP contribution in [0.4, 0.5) is 4.53 Å². The normalized spacial score (nSPS) is 9.57. The molecule has 0 fully saturated rings. The largest absolute Gasteiger partial charge is 0.461 e. The molecule has 0 radical (unpaired) electrons. The molecule has 1 N–H and O–H groups in total. The summed E-state index contributed by atoms with van der Waals surface area (Å²) in [5.74, 6) is -1.94. The number of hydrogen-bond acceptors (Lipinski definition) is 5. The van der Waals surface area contributed by atoms with Gasteiger partial charge in [-0.15, -0.1) is 0 Å². The van der Waals surface area contributed by atoms with Gasteiger partial charge in [0.2, 0.25) is 0 Å². The minimum atomic E-state index is -1.27. The van der Waals surface area contributed by atoms with Crippen LogP contribution in [0, 0.1) is 0 Å². The van der Waals surface area contributed by atoms with E-state index < -0.39 is 11.9 Å². The minimum Gasteiger partial charge on any atom is -0.461 e. The fraction of sp³-hybridized carbons (Fsp3) is 0.286. The summed E-state index contributed by atoms with van der Waals surface area (Å²) in [6.07, 6.45) is 0. The molecule has 0 spiro atoms. The highest BCUT2D eigenvalue weighted by atomic mass is 19.3. The molecular formula is C7H7FN2O4. The maximum absolute atomic E-state index is 11.4. The van der Waals surface area contributed by atoms with Crippen molar-refractivity contribution in [2.75, 3.05) is 6.61 Å². The molecule has 0 aromatic carbocycles. The fourth-order valence-electron chi connectivity index (χ4n) is 0.779. The maximum atomic E-state index is 11.4. The third-order valence-electron chi connectivity index (χ3n) is 1.35. The molecule has 0 amide bonds. The Labute approximate surface area is 77.9 Å². The third kappa shape index (κ3) is 2.06. The molecule has 0 aliphatic rings. The van der Waals surface area contributed by atoms with Crippen molar-refractivity contribution in [1.29, 1.82) is 0 Å². The van der Waals surface area contributed by atoms with Crippen molar-refractivity contribution in [3.63, 3.8) is 0 Å². The molecule has 0 atom stereocenters. The van der Waals surface area contributed by atoms with Gasteiger partial charge in [0.15, 0.2) is 5.69 Å². The van der Waals surface area contributed by atoms with Crippen molar-refractivity contribution in [3.05, 3.63) is 17.5 Å². The van der Waals surface area contributed by atoms with E-state index in [0.29, 0.717) is 0 Å². The zero-order valence-corrected chi connectivity index (χ0v) is 7.24. The molecule has 14 heavy (non-hydrogen) atoms. The SMILES string of the molecule is CCOC(=O)c1cc(C(=O)OF)n[nH]1. The quantitative estimate of drug-likeness (QED) is 0.727. The van der Waals surface area contributed by atoms with Gasteiger partial charge in [-0.2, -0.15) is 5.10 Å². The van der Waals surface area contributed by atoms with E-state index in [1.807, 2.05) is 0 Å². The average Bonchev–Trinajstić information content (AvgIpc) is 2.66. The Hall–Kier alpha value is -1.92. The Morgan fingerprint density at radius 2 is 2.29 bits per heavy atom. The second-order valence-corrected chi connectivity index (χ2v) is 2.25. The van der Waals surface area contributed by atoms with Crippen LogP contribution in [0.3, 0.4) is 0 Å². The van der Waals surface area contributed by atoms with Crippen LogP contribution in [0.5, 0.6) is 0 Å². The number of halogens is 1. The molecule has 0 bridgehead atoms. The number of aromatic amines is 1. The van der Waals surface area contributed by atoms with Gasteiger partial charge in [0.05, 0.1) is 6.61 Å². The van der Waals surface area contributed by atoms with Crippen LogP contribution in [0.2, 0.25) is 0 Å². The van der Waals surface area contributed by atoms with Crippen molar-refractivity contribution >= 4 is 11.9 Å². The molecule has 0 aliphatic carbocycles. The number of esters is 1. The molecule has 0 saturated heterocycles. The van der Waals surface area contributed by atoms with Gasteiger partial charge >= 0.3 is 11.9 Å².